The van der Waals surface area contributed by atoms with Crippen LogP contribution in [0.5, 0.6) is 11.5 Å². The summed E-state index contributed by atoms with van der Waals surface area (Å²) in [6, 6.07) is 3.91. The van der Waals surface area contributed by atoms with E-state index in [0.717, 1.165) is 11.3 Å². The minimum atomic E-state index is -4.26. The Morgan fingerprint density at radius 2 is 1.83 bits per heavy atom. The number of esters is 1. The van der Waals surface area contributed by atoms with Gasteiger partial charge in [0.05, 0.1) is 32.0 Å². The molecule has 3 rings (SSSR count). The molecule has 1 aromatic carbocycles. The number of rotatable bonds is 7. The third-order valence-electron chi connectivity index (χ3n) is 4.21. The van der Waals surface area contributed by atoms with Gasteiger partial charge in [-0.15, -0.1) is 11.3 Å². The van der Waals surface area contributed by atoms with Gasteiger partial charge < -0.3 is 19.5 Å². The van der Waals surface area contributed by atoms with Gasteiger partial charge in [0.15, 0.2) is 11.5 Å². The maximum absolute atomic E-state index is 12.8. The lowest BCUT2D eigenvalue weighted by Crippen LogP contribution is -2.37. The van der Waals surface area contributed by atoms with E-state index in [1.54, 1.807) is 12.3 Å². The Morgan fingerprint density at radius 3 is 2.47 bits per heavy atom. The van der Waals surface area contributed by atoms with Crippen LogP contribution in [-0.4, -0.2) is 57.9 Å². The number of thiophene rings is 1. The molecule has 2 heterocycles. The van der Waals surface area contributed by atoms with Gasteiger partial charge in [0.1, 0.15) is 16.4 Å². The molecule has 1 aliphatic rings. The van der Waals surface area contributed by atoms with Crippen molar-refractivity contribution in [3.63, 3.8) is 0 Å². The lowest BCUT2D eigenvalue weighted by Gasteiger charge is -2.14. The number of nitrogens with one attached hydrogen (secondary N) is 1. The molecule has 0 unspecified atom stereocenters. The van der Waals surface area contributed by atoms with Gasteiger partial charge in [-0.25, -0.2) is 17.5 Å². The zero-order valence-corrected chi connectivity index (χ0v) is 17.9. The van der Waals surface area contributed by atoms with Crippen LogP contribution in [0, 0.1) is 0 Å². The highest BCUT2D eigenvalue weighted by Crippen LogP contribution is 2.38. The Balaban J connectivity index is 1.84. The third kappa shape index (κ3) is 3.71. The average Bonchev–Trinajstić information content (AvgIpc) is 3.24. The van der Waals surface area contributed by atoms with Crippen LogP contribution in [0.2, 0.25) is 0 Å². The number of methoxy groups -OCH3 is 2. The molecule has 2 amide bonds. The van der Waals surface area contributed by atoms with Crippen LogP contribution in [0.25, 0.3) is 0 Å². The maximum atomic E-state index is 12.8. The van der Waals surface area contributed by atoms with Gasteiger partial charge in [0, 0.05) is 6.07 Å². The fourth-order valence-corrected chi connectivity index (χ4v) is 5.14. The minimum Gasteiger partial charge on any atom is -0.493 e. The van der Waals surface area contributed by atoms with E-state index in [1.165, 1.54) is 32.4 Å². The van der Waals surface area contributed by atoms with E-state index in [1.807, 2.05) is 0 Å². The smallest absolute Gasteiger partial charge is 0.341 e. The predicted molar refractivity (Wildman–Crippen MR) is 107 cm³/mol. The van der Waals surface area contributed by atoms with Gasteiger partial charge in [0.25, 0.3) is 15.9 Å². The van der Waals surface area contributed by atoms with Crippen molar-refractivity contribution in [3.05, 3.63) is 34.7 Å². The van der Waals surface area contributed by atoms with Crippen LogP contribution >= 0.6 is 11.3 Å². The summed E-state index contributed by atoms with van der Waals surface area (Å²) in [5.41, 5.74) is 0.0207. The van der Waals surface area contributed by atoms with Crippen LogP contribution in [-0.2, 0) is 19.6 Å². The number of carbonyl (C=O) groups is 3. The second kappa shape index (κ2) is 8.32. The zero-order valence-electron chi connectivity index (χ0n) is 16.3. The lowest BCUT2D eigenvalue weighted by molar-refractivity contribution is -0.116. The van der Waals surface area contributed by atoms with Gasteiger partial charge in [-0.3, -0.25) is 9.59 Å². The average molecular weight is 454 g/mol. The Hall–Kier alpha value is -3.12. The summed E-state index contributed by atoms with van der Waals surface area (Å²) in [5, 5.41) is 4.23. The Kier molecular flexibility index (Phi) is 5.99. The second-order valence-electron chi connectivity index (χ2n) is 5.95. The summed E-state index contributed by atoms with van der Waals surface area (Å²) in [7, 11) is -1.58. The number of hydrogen-bond donors (Lipinski definition) is 1. The molecule has 0 saturated heterocycles. The van der Waals surface area contributed by atoms with E-state index in [9.17, 15) is 22.8 Å². The molecular formula is C18H18N2O8S2. The molecule has 0 spiro atoms. The Bertz CT molecular complexity index is 1120. The summed E-state index contributed by atoms with van der Waals surface area (Å²) in [5.74, 6) is -1.95. The molecule has 0 fully saturated rings. The van der Waals surface area contributed by atoms with Crippen LogP contribution in [0.4, 0.5) is 5.00 Å². The molecule has 0 radical (unpaired) electrons. The van der Waals surface area contributed by atoms with Crippen molar-refractivity contribution in [3.8, 4) is 11.5 Å². The van der Waals surface area contributed by atoms with E-state index in [4.69, 9.17) is 14.2 Å². The van der Waals surface area contributed by atoms with Gasteiger partial charge in [-0.1, -0.05) is 0 Å². The predicted octanol–water partition coefficient (Wildman–Crippen LogP) is 1.73. The highest BCUT2D eigenvalue weighted by Gasteiger charge is 2.43. The third-order valence-corrected chi connectivity index (χ3v) is 6.81. The van der Waals surface area contributed by atoms with E-state index >= 15 is 0 Å². The lowest BCUT2D eigenvalue weighted by atomic mass is 10.2. The van der Waals surface area contributed by atoms with E-state index < -0.39 is 34.4 Å². The summed E-state index contributed by atoms with van der Waals surface area (Å²) < 4.78 is 41.2. The van der Waals surface area contributed by atoms with Crippen molar-refractivity contribution in [2.75, 3.05) is 32.7 Å². The molecule has 1 aliphatic heterocycles. The number of benzene rings is 1. The number of fused-ring (bicyclic) bond motifs is 1. The van der Waals surface area contributed by atoms with Gasteiger partial charge >= 0.3 is 5.97 Å². The Morgan fingerprint density at radius 1 is 1.17 bits per heavy atom. The summed E-state index contributed by atoms with van der Waals surface area (Å²) in [6.07, 6.45) is 0. The quantitative estimate of drug-likeness (QED) is 0.627. The number of ether oxygens (including phenoxy) is 3. The van der Waals surface area contributed by atoms with Gasteiger partial charge in [-0.05, 0) is 24.4 Å². The molecular weight excluding hydrogens is 436 g/mol. The van der Waals surface area contributed by atoms with E-state index in [-0.39, 0.29) is 39.1 Å². The highest BCUT2D eigenvalue weighted by atomic mass is 32.2. The fraction of sp³-hybridized carbons (Fsp3) is 0.278. The van der Waals surface area contributed by atoms with Gasteiger partial charge in [0.2, 0.25) is 5.91 Å². The molecule has 1 aromatic heterocycles. The summed E-state index contributed by atoms with van der Waals surface area (Å²) >= 11 is 1.07. The fourth-order valence-electron chi connectivity index (χ4n) is 2.83. The maximum Gasteiger partial charge on any atom is 0.341 e. The number of amides is 2. The SMILES string of the molecule is CCOC(=O)c1ccsc1NC(=O)CN1C(=O)c2cc(OC)c(OC)cc2S1(=O)=O. The zero-order chi connectivity index (χ0) is 22.1. The van der Waals surface area contributed by atoms with Crippen LogP contribution < -0.4 is 14.8 Å². The number of hydrogen-bond acceptors (Lipinski definition) is 9. The van der Waals surface area contributed by atoms with Crippen molar-refractivity contribution < 1.29 is 37.0 Å². The monoisotopic (exact) mass is 454 g/mol. The van der Waals surface area contributed by atoms with Crippen molar-refractivity contribution >= 4 is 44.1 Å². The summed E-state index contributed by atoms with van der Waals surface area (Å²) in [6.45, 7) is 1.04. The van der Waals surface area contributed by atoms with E-state index in [2.05, 4.69) is 5.32 Å². The molecule has 10 nitrogen and oxygen atoms in total. The molecule has 0 bridgehead atoms. The first kappa shape index (κ1) is 21.6. The first-order valence-electron chi connectivity index (χ1n) is 8.62. The Labute approximate surface area is 176 Å². The second-order valence-corrected chi connectivity index (χ2v) is 8.70. The topological polar surface area (TPSA) is 128 Å². The summed E-state index contributed by atoms with van der Waals surface area (Å²) in [4.78, 5) is 36.8. The first-order valence-corrected chi connectivity index (χ1v) is 10.9. The standard InChI is InChI=1S/C18H18N2O8S2/c1-4-28-18(23)10-5-6-29-16(10)19-15(21)9-20-17(22)11-7-12(26-2)13(27-3)8-14(11)30(20,24)25/h5-8H,4,9H2,1-3H3,(H,19,21). The molecule has 1 N–H and O–H groups in total. The largest absolute Gasteiger partial charge is 0.493 e. The van der Waals surface area contributed by atoms with Gasteiger partial charge in [-0.2, -0.15) is 0 Å². The first-order chi connectivity index (χ1) is 14.2. The van der Waals surface area contributed by atoms with Crippen molar-refractivity contribution in [2.45, 2.75) is 11.8 Å². The van der Waals surface area contributed by atoms with Crippen LogP contribution in [0.3, 0.4) is 0 Å². The number of anilines is 1. The molecule has 0 saturated carbocycles. The molecule has 2 aromatic rings. The molecule has 30 heavy (non-hydrogen) atoms. The minimum absolute atomic E-state index is 0.121. The number of sulfonamides is 1. The normalized spacial score (nSPS) is 14.2. The number of carbonyl (C=O) groups excluding carboxylic acids is 3. The van der Waals surface area contributed by atoms with E-state index in [0.29, 0.717) is 4.31 Å². The molecule has 0 aliphatic carbocycles. The van der Waals surface area contributed by atoms with Crippen molar-refractivity contribution in [1.82, 2.24) is 4.31 Å². The molecule has 0 atom stereocenters. The highest BCUT2D eigenvalue weighted by molar-refractivity contribution is 7.90. The van der Waals surface area contributed by atoms with Crippen molar-refractivity contribution in [2.24, 2.45) is 0 Å². The van der Waals surface area contributed by atoms with Crippen LogP contribution in [0.15, 0.2) is 28.5 Å². The number of nitrogens with zero attached hydrogens (tertiary/aromatic N) is 1. The molecule has 12 heteroatoms. The van der Waals surface area contributed by atoms with Crippen LogP contribution in [0.1, 0.15) is 27.6 Å². The molecule has 160 valence electrons. The van der Waals surface area contributed by atoms with Crippen molar-refractivity contribution in [1.29, 1.82) is 0 Å².